The molecule has 0 unspecified atom stereocenters. The molecule has 0 spiro atoms. The lowest BCUT2D eigenvalue weighted by Crippen LogP contribution is -2.15. The maximum atomic E-state index is 12.5. The van der Waals surface area contributed by atoms with Crippen LogP contribution in [0.1, 0.15) is 39.7 Å². The van der Waals surface area contributed by atoms with Crippen molar-refractivity contribution in [3.05, 3.63) is 82.5 Å². The van der Waals surface area contributed by atoms with Crippen LogP contribution in [0.5, 0.6) is 5.75 Å². The lowest BCUT2D eigenvalue weighted by Gasteiger charge is -2.13. The molecular weight excluding hydrogens is 434 g/mol. The van der Waals surface area contributed by atoms with Crippen LogP contribution in [-0.2, 0) is 4.79 Å². The Morgan fingerprint density at radius 3 is 2.42 bits per heavy atom. The van der Waals surface area contributed by atoms with Crippen LogP contribution < -0.4 is 10.1 Å². The third-order valence-electron chi connectivity index (χ3n) is 4.80. The molecule has 1 heterocycles. The first-order valence-electron chi connectivity index (χ1n) is 10.2. The van der Waals surface area contributed by atoms with Crippen LogP contribution in [0.4, 0.5) is 5.69 Å². The Morgan fingerprint density at radius 1 is 1.12 bits per heavy atom. The highest BCUT2D eigenvalue weighted by atomic mass is 32.2. The van der Waals surface area contributed by atoms with Crippen molar-refractivity contribution >= 4 is 41.3 Å². The van der Waals surface area contributed by atoms with E-state index in [-0.39, 0.29) is 23.0 Å². The summed E-state index contributed by atoms with van der Waals surface area (Å²) in [6, 6.07) is 18.8. The number of thioether (sulfide) groups is 1. The van der Waals surface area contributed by atoms with Crippen molar-refractivity contribution in [2.45, 2.75) is 18.9 Å². The molecule has 1 aromatic heterocycles. The van der Waals surface area contributed by atoms with Gasteiger partial charge in [-0.2, -0.15) is 5.26 Å². The second kappa shape index (κ2) is 11.1. The Bertz CT molecular complexity index is 1230. The highest BCUT2D eigenvalue weighted by Crippen LogP contribution is 2.29. The van der Waals surface area contributed by atoms with Gasteiger partial charge < -0.3 is 10.1 Å². The predicted octanol–water partition coefficient (Wildman–Crippen LogP) is 5.37. The number of hydrogen-bond acceptors (Lipinski definition) is 6. The fourth-order valence-electron chi connectivity index (χ4n) is 3.27. The molecule has 0 aliphatic rings. The van der Waals surface area contributed by atoms with Crippen LogP contribution in [0.25, 0.3) is 12.2 Å². The number of carbonyl (C=O) groups is 2. The van der Waals surface area contributed by atoms with Crippen molar-refractivity contribution in [1.82, 2.24) is 4.98 Å². The molecular formula is C26H23N3O3S. The lowest BCUT2D eigenvalue weighted by atomic mass is 9.98. The molecule has 33 heavy (non-hydrogen) atoms. The van der Waals surface area contributed by atoms with Crippen LogP contribution in [0.2, 0.25) is 0 Å². The number of amides is 1. The second-order valence-electron chi connectivity index (χ2n) is 7.14. The van der Waals surface area contributed by atoms with E-state index >= 15 is 0 Å². The van der Waals surface area contributed by atoms with E-state index in [4.69, 9.17) is 4.74 Å². The van der Waals surface area contributed by atoms with Crippen molar-refractivity contribution < 1.29 is 14.3 Å². The molecule has 0 fully saturated rings. The van der Waals surface area contributed by atoms with Crippen molar-refractivity contribution in [3.8, 4) is 11.8 Å². The summed E-state index contributed by atoms with van der Waals surface area (Å²) in [6.45, 7) is 3.19. The summed E-state index contributed by atoms with van der Waals surface area (Å²) in [5.74, 6) is 0.361. The van der Waals surface area contributed by atoms with E-state index < -0.39 is 0 Å². The highest BCUT2D eigenvalue weighted by Gasteiger charge is 2.20. The number of hydrogen-bond donors (Lipinski definition) is 1. The molecule has 166 valence electrons. The zero-order chi connectivity index (χ0) is 23.8. The average Bonchev–Trinajstić information content (AvgIpc) is 2.82. The van der Waals surface area contributed by atoms with E-state index in [1.54, 1.807) is 44.4 Å². The molecule has 0 atom stereocenters. The summed E-state index contributed by atoms with van der Waals surface area (Å²) in [7, 11) is 1.58. The number of nitrogens with zero attached hydrogens (tertiary/aromatic N) is 2. The number of ether oxygens (including phenoxy) is 1. The Balaban J connectivity index is 1.86. The van der Waals surface area contributed by atoms with Crippen LogP contribution in [0, 0.1) is 18.3 Å². The van der Waals surface area contributed by atoms with Crippen molar-refractivity contribution in [2.24, 2.45) is 0 Å². The van der Waals surface area contributed by atoms with Gasteiger partial charge in [-0.15, -0.1) is 0 Å². The lowest BCUT2D eigenvalue weighted by molar-refractivity contribution is -0.113. The van der Waals surface area contributed by atoms with Crippen molar-refractivity contribution in [3.63, 3.8) is 0 Å². The van der Waals surface area contributed by atoms with Gasteiger partial charge in [0.1, 0.15) is 16.8 Å². The largest absolute Gasteiger partial charge is 0.497 e. The molecule has 1 amide bonds. The molecule has 0 aliphatic carbocycles. The van der Waals surface area contributed by atoms with Gasteiger partial charge in [-0.05, 0) is 43.7 Å². The Kier molecular flexibility index (Phi) is 8.01. The smallest absolute Gasteiger partial charge is 0.234 e. The number of pyridine rings is 1. The number of rotatable bonds is 8. The number of Topliss-reactive ketones (excluding diaryl/α,β-unsaturated/α-hetero) is 1. The highest BCUT2D eigenvalue weighted by molar-refractivity contribution is 8.00. The minimum Gasteiger partial charge on any atom is -0.497 e. The third kappa shape index (κ3) is 6.09. The van der Waals surface area contributed by atoms with E-state index in [1.165, 1.54) is 6.92 Å². The van der Waals surface area contributed by atoms with E-state index in [0.717, 1.165) is 17.3 Å². The second-order valence-corrected chi connectivity index (χ2v) is 8.11. The number of nitrogens with one attached hydrogen (secondary N) is 1. The van der Waals surface area contributed by atoms with Crippen molar-refractivity contribution in [1.29, 1.82) is 5.26 Å². The summed E-state index contributed by atoms with van der Waals surface area (Å²) in [5, 5.41) is 13.1. The third-order valence-corrected chi connectivity index (χ3v) is 5.78. The first-order chi connectivity index (χ1) is 15.9. The Labute approximate surface area is 197 Å². The first-order valence-corrected chi connectivity index (χ1v) is 11.2. The Morgan fingerprint density at radius 2 is 1.82 bits per heavy atom. The molecule has 0 bridgehead atoms. The summed E-state index contributed by atoms with van der Waals surface area (Å²) in [6.07, 6.45) is 3.62. The van der Waals surface area contributed by atoms with Crippen LogP contribution in [-0.4, -0.2) is 29.5 Å². The van der Waals surface area contributed by atoms with Gasteiger partial charge in [0.15, 0.2) is 5.78 Å². The number of nitriles is 1. The molecule has 1 N–H and O–H groups in total. The van der Waals surface area contributed by atoms with Crippen LogP contribution >= 0.6 is 11.8 Å². The van der Waals surface area contributed by atoms with Gasteiger partial charge in [-0.25, -0.2) is 4.98 Å². The zero-order valence-corrected chi connectivity index (χ0v) is 19.4. The van der Waals surface area contributed by atoms with E-state index in [2.05, 4.69) is 16.4 Å². The molecule has 0 saturated heterocycles. The van der Waals surface area contributed by atoms with Gasteiger partial charge in [0.05, 0.1) is 24.1 Å². The monoisotopic (exact) mass is 457 g/mol. The maximum absolute atomic E-state index is 12.5. The van der Waals surface area contributed by atoms with Gasteiger partial charge in [0, 0.05) is 16.8 Å². The molecule has 3 aromatic rings. The number of ketones is 1. The van der Waals surface area contributed by atoms with Crippen LogP contribution in [0.15, 0.2) is 59.6 Å². The Hall–Kier alpha value is -3.89. The number of benzene rings is 2. The summed E-state index contributed by atoms with van der Waals surface area (Å²) in [5.41, 5.74) is 3.31. The van der Waals surface area contributed by atoms with Gasteiger partial charge in [-0.3, -0.25) is 9.59 Å². The van der Waals surface area contributed by atoms with Gasteiger partial charge in [-0.1, -0.05) is 54.2 Å². The van der Waals surface area contributed by atoms with Crippen LogP contribution in [0.3, 0.4) is 0 Å². The zero-order valence-electron chi connectivity index (χ0n) is 18.6. The van der Waals surface area contributed by atoms with Gasteiger partial charge in [0.2, 0.25) is 5.91 Å². The van der Waals surface area contributed by atoms with Gasteiger partial charge >= 0.3 is 0 Å². The number of anilines is 1. The number of aromatic nitrogens is 1. The first kappa shape index (κ1) is 23.8. The quantitative estimate of drug-likeness (QED) is 0.361. The fraction of sp³-hybridized carbons (Fsp3) is 0.154. The van der Waals surface area contributed by atoms with Crippen molar-refractivity contribution in [2.75, 3.05) is 18.2 Å². The molecule has 7 heteroatoms. The summed E-state index contributed by atoms with van der Waals surface area (Å²) >= 11 is 1.16. The maximum Gasteiger partial charge on any atom is 0.234 e. The van der Waals surface area contributed by atoms with E-state index in [9.17, 15) is 14.9 Å². The molecule has 6 nitrogen and oxygen atoms in total. The molecule has 3 rings (SSSR count). The minimum absolute atomic E-state index is 0.0639. The van der Waals surface area contributed by atoms with Gasteiger partial charge in [0.25, 0.3) is 0 Å². The normalized spacial score (nSPS) is 10.6. The minimum atomic E-state index is -0.231. The van der Waals surface area contributed by atoms with E-state index in [0.29, 0.717) is 33.3 Å². The number of carbonyl (C=O) groups excluding carboxylic acids is 2. The molecule has 2 aromatic carbocycles. The number of aryl methyl sites for hydroxylation is 1. The standard InChI is InChI=1S/C26H23N3O3S/c1-17-25(18(2)30)22(14-9-19-7-5-4-6-8-19)23(15-27)26(28-17)33-16-24(31)29-20-10-12-21(32-3)13-11-20/h4-14H,16H2,1-3H3,(H,29,31)/b14-9+. The summed E-state index contributed by atoms with van der Waals surface area (Å²) < 4.78 is 5.12. The molecule has 0 aliphatic heterocycles. The average molecular weight is 458 g/mol. The topological polar surface area (TPSA) is 92.1 Å². The molecule has 0 radical (unpaired) electrons. The SMILES string of the molecule is COc1ccc(NC(=O)CSc2nc(C)c(C(C)=O)c(/C=C/c3ccccc3)c2C#N)cc1. The fourth-order valence-corrected chi connectivity index (χ4v) is 4.11. The predicted molar refractivity (Wildman–Crippen MR) is 131 cm³/mol. The number of methoxy groups -OCH3 is 1. The van der Waals surface area contributed by atoms with E-state index in [1.807, 2.05) is 36.4 Å². The molecule has 0 saturated carbocycles. The summed E-state index contributed by atoms with van der Waals surface area (Å²) in [4.78, 5) is 29.3.